The topological polar surface area (TPSA) is 63.2 Å². The van der Waals surface area contributed by atoms with Crippen molar-refractivity contribution < 1.29 is 13.2 Å². The first-order chi connectivity index (χ1) is 9.78. The second kappa shape index (κ2) is 5.99. The van der Waals surface area contributed by atoms with Crippen LogP contribution in [0.3, 0.4) is 0 Å². The standard InChI is InChI=1S/C15H14BrNO3S/c1-10-6-13(16)9-14(7-10)17-21(19,20)15-5-3-4-12(8-15)11(2)18/h3-9,17H,1-2H3. The maximum Gasteiger partial charge on any atom is 0.261 e. The number of carbonyl (C=O) groups excluding carboxylic acids is 1. The summed E-state index contributed by atoms with van der Waals surface area (Å²) in [6, 6.07) is 11.3. The lowest BCUT2D eigenvalue weighted by molar-refractivity contribution is 0.101. The van der Waals surface area contributed by atoms with Crippen molar-refractivity contribution in [1.29, 1.82) is 0 Å². The molecule has 0 fully saturated rings. The van der Waals surface area contributed by atoms with Gasteiger partial charge in [0.15, 0.2) is 5.78 Å². The van der Waals surface area contributed by atoms with Gasteiger partial charge in [-0.1, -0.05) is 28.1 Å². The Hall–Kier alpha value is -1.66. The third kappa shape index (κ3) is 3.92. The highest BCUT2D eigenvalue weighted by atomic mass is 79.9. The van der Waals surface area contributed by atoms with Gasteiger partial charge in [-0.15, -0.1) is 0 Å². The normalized spacial score (nSPS) is 11.2. The average Bonchev–Trinajstić information content (AvgIpc) is 2.37. The summed E-state index contributed by atoms with van der Waals surface area (Å²) in [5.41, 5.74) is 1.76. The Balaban J connectivity index is 2.38. The van der Waals surface area contributed by atoms with E-state index in [0.29, 0.717) is 11.3 Å². The lowest BCUT2D eigenvalue weighted by atomic mass is 10.2. The number of carbonyl (C=O) groups is 1. The Labute approximate surface area is 132 Å². The van der Waals surface area contributed by atoms with Crippen LogP contribution in [0.15, 0.2) is 51.8 Å². The molecular weight excluding hydrogens is 354 g/mol. The fourth-order valence-electron chi connectivity index (χ4n) is 1.89. The zero-order valence-corrected chi connectivity index (χ0v) is 14.0. The average molecular weight is 368 g/mol. The fraction of sp³-hybridized carbons (Fsp3) is 0.133. The van der Waals surface area contributed by atoms with Gasteiger partial charge in [0.2, 0.25) is 0 Å². The molecule has 0 amide bonds. The molecule has 0 aliphatic heterocycles. The van der Waals surface area contributed by atoms with Crippen molar-refractivity contribution in [3.63, 3.8) is 0 Å². The summed E-state index contributed by atoms with van der Waals surface area (Å²) in [6.07, 6.45) is 0. The molecule has 2 aromatic rings. The van der Waals surface area contributed by atoms with Gasteiger partial charge in [-0.3, -0.25) is 9.52 Å². The minimum absolute atomic E-state index is 0.0628. The molecule has 110 valence electrons. The first-order valence-corrected chi connectivity index (χ1v) is 8.46. The summed E-state index contributed by atoms with van der Waals surface area (Å²) in [5, 5.41) is 0. The van der Waals surface area contributed by atoms with Crippen LogP contribution in [0.1, 0.15) is 22.8 Å². The third-order valence-electron chi connectivity index (χ3n) is 2.85. The van der Waals surface area contributed by atoms with Gasteiger partial charge in [0, 0.05) is 10.0 Å². The highest BCUT2D eigenvalue weighted by Crippen LogP contribution is 2.22. The quantitative estimate of drug-likeness (QED) is 0.836. The Bertz CT molecular complexity index is 780. The van der Waals surface area contributed by atoms with Gasteiger partial charge in [-0.05, 0) is 49.7 Å². The summed E-state index contributed by atoms with van der Waals surface area (Å²) >= 11 is 3.33. The number of sulfonamides is 1. The monoisotopic (exact) mass is 367 g/mol. The smallest absolute Gasteiger partial charge is 0.261 e. The molecule has 2 rings (SSSR count). The molecule has 0 aliphatic rings. The number of hydrogen-bond acceptors (Lipinski definition) is 3. The van der Waals surface area contributed by atoms with Crippen LogP contribution in [0.4, 0.5) is 5.69 Å². The predicted molar refractivity (Wildman–Crippen MR) is 86.1 cm³/mol. The van der Waals surface area contributed by atoms with Gasteiger partial charge >= 0.3 is 0 Å². The molecule has 0 radical (unpaired) electrons. The SMILES string of the molecule is CC(=O)c1cccc(S(=O)(=O)Nc2cc(C)cc(Br)c2)c1. The second-order valence-corrected chi connectivity index (χ2v) is 7.30. The zero-order chi connectivity index (χ0) is 15.6. The van der Waals surface area contributed by atoms with E-state index in [9.17, 15) is 13.2 Å². The maximum atomic E-state index is 12.4. The van der Waals surface area contributed by atoms with E-state index >= 15 is 0 Å². The third-order valence-corrected chi connectivity index (χ3v) is 4.68. The molecule has 21 heavy (non-hydrogen) atoms. The van der Waals surface area contributed by atoms with Crippen LogP contribution < -0.4 is 4.72 Å². The van der Waals surface area contributed by atoms with Gasteiger partial charge in [0.1, 0.15) is 0 Å². The van der Waals surface area contributed by atoms with Crippen LogP contribution in [-0.2, 0) is 10.0 Å². The van der Waals surface area contributed by atoms with Crippen LogP contribution in [0.2, 0.25) is 0 Å². The molecule has 0 spiro atoms. The zero-order valence-electron chi connectivity index (χ0n) is 11.6. The molecule has 0 atom stereocenters. The first-order valence-electron chi connectivity index (χ1n) is 6.19. The number of aryl methyl sites for hydroxylation is 1. The highest BCUT2D eigenvalue weighted by Gasteiger charge is 2.15. The van der Waals surface area contributed by atoms with E-state index in [1.807, 2.05) is 13.0 Å². The summed E-state index contributed by atoms with van der Waals surface area (Å²) < 4.78 is 28.0. The molecule has 0 saturated carbocycles. The number of Topliss-reactive ketones (excluding diaryl/α,β-unsaturated/α-hetero) is 1. The number of ketones is 1. The van der Waals surface area contributed by atoms with Crippen LogP contribution in [0.25, 0.3) is 0 Å². The molecule has 0 heterocycles. The molecule has 4 nitrogen and oxygen atoms in total. The molecule has 0 aliphatic carbocycles. The van der Waals surface area contributed by atoms with Crippen molar-refractivity contribution in [2.75, 3.05) is 4.72 Å². The van der Waals surface area contributed by atoms with Crippen molar-refractivity contribution >= 4 is 37.4 Å². The van der Waals surface area contributed by atoms with E-state index in [4.69, 9.17) is 0 Å². The van der Waals surface area contributed by atoms with Crippen molar-refractivity contribution in [3.05, 3.63) is 58.1 Å². The van der Waals surface area contributed by atoms with Crippen LogP contribution in [0.5, 0.6) is 0 Å². The fourth-order valence-corrected chi connectivity index (χ4v) is 3.59. The van der Waals surface area contributed by atoms with Gasteiger partial charge in [-0.25, -0.2) is 8.42 Å². The minimum atomic E-state index is -3.73. The summed E-state index contributed by atoms with van der Waals surface area (Å²) in [5.74, 6) is -0.176. The van der Waals surface area contributed by atoms with Crippen molar-refractivity contribution in [1.82, 2.24) is 0 Å². The Morgan fingerprint density at radius 1 is 1.14 bits per heavy atom. The molecule has 0 aromatic heterocycles. The highest BCUT2D eigenvalue weighted by molar-refractivity contribution is 9.10. The number of halogens is 1. The van der Waals surface area contributed by atoms with Gasteiger partial charge in [0.05, 0.1) is 10.6 Å². The van der Waals surface area contributed by atoms with E-state index in [1.165, 1.54) is 19.1 Å². The number of anilines is 1. The molecule has 1 N–H and O–H groups in total. The molecule has 2 aromatic carbocycles. The minimum Gasteiger partial charge on any atom is -0.295 e. The summed E-state index contributed by atoms with van der Waals surface area (Å²) in [6.45, 7) is 3.27. The van der Waals surface area contributed by atoms with E-state index in [-0.39, 0.29) is 10.7 Å². The van der Waals surface area contributed by atoms with Crippen LogP contribution in [-0.4, -0.2) is 14.2 Å². The van der Waals surface area contributed by atoms with Crippen molar-refractivity contribution in [3.8, 4) is 0 Å². The Morgan fingerprint density at radius 2 is 1.86 bits per heavy atom. The van der Waals surface area contributed by atoms with E-state index in [0.717, 1.165) is 10.0 Å². The summed E-state index contributed by atoms with van der Waals surface area (Å²) in [4.78, 5) is 11.4. The van der Waals surface area contributed by atoms with E-state index in [1.54, 1.807) is 24.3 Å². The molecule has 6 heteroatoms. The largest absolute Gasteiger partial charge is 0.295 e. The van der Waals surface area contributed by atoms with Crippen molar-refractivity contribution in [2.24, 2.45) is 0 Å². The van der Waals surface area contributed by atoms with E-state index in [2.05, 4.69) is 20.7 Å². The lowest BCUT2D eigenvalue weighted by Crippen LogP contribution is -2.13. The van der Waals surface area contributed by atoms with Gasteiger partial charge < -0.3 is 0 Å². The second-order valence-electron chi connectivity index (χ2n) is 4.71. The number of nitrogens with one attached hydrogen (secondary N) is 1. The lowest BCUT2D eigenvalue weighted by Gasteiger charge is -2.10. The van der Waals surface area contributed by atoms with Gasteiger partial charge in [0.25, 0.3) is 10.0 Å². The number of rotatable bonds is 4. The predicted octanol–water partition coefficient (Wildman–Crippen LogP) is 3.76. The van der Waals surface area contributed by atoms with Crippen molar-refractivity contribution in [2.45, 2.75) is 18.7 Å². The molecule has 0 bridgehead atoms. The number of benzene rings is 2. The molecule has 0 saturated heterocycles. The maximum absolute atomic E-state index is 12.4. The van der Waals surface area contributed by atoms with E-state index < -0.39 is 10.0 Å². The summed E-state index contributed by atoms with van der Waals surface area (Å²) in [7, 11) is -3.73. The Kier molecular flexibility index (Phi) is 4.49. The number of hydrogen-bond donors (Lipinski definition) is 1. The Morgan fingerprint density at radius 3 is 2.48 bits per heavy atom. The van der Waals surface area contributed by atoms with Crippen LogP contribution >= 0.6 is 15.9 Å². The first kappa shape index (κ1) is 15.7. The van der Waals surface area contributed by atoms with Crippen LogP contribution in [0, 0.1) is 6.92 Å². The molecular formula is C15H14BrNO3S. The molecule has 0 unspecified atom stereocenters. The van der Waals surface area contributed by atoms with Gasteiger partial charge in [-0.2, -0.15) is 0 Å².